The molecule has 0 aliphatic heterocycles. The van der Waals surface area contributed by atoms with Crippen LogP contribution in [0.2, 0.25) is 5.02 Å². The minimum Gasteiger partial charge on any atom is -0.494 e. The number of carbonyl (C=O) groups is 3. The largest absolute Gasteiger partial charge is 0.494 e. The van der Waals surface area contributed by atoms with Crippen LogP contribution in [0.3, 0.4) is 0 Å². The van der Waals surface area contributed by atoms with Crippen LogP contribution in [0.25, 0.3) is 6.08 Å². The van der Waals surface area contributed by atoms with Gasteiger partial charge in [-0.1, -0.05) is 72.3 Å². The number of thioether (sulfide) groups is 1. The van der Waals surface area contributed by atoms with Crippen LogP contribution in [0.5, 0.6) is 5.75 Å². The SMILES string of the molecule is CCOc1ccc(NC(=O)C(Sc2cccc(NC(=O)/C(=C\c3c(F)cccc3Cl)NC(=O)c3ccccc3)c2)c2ccccc2)cc1. The number of rotatable bonds is 12. The maximum absolute atomic E-state index is 14.7. The average Bonchev–Trinajstić information content (AvgIpc) is 3.10. The third kappa shape index (κ3) is 9.12. The molecule has 0 aliphatic rings. The van der Waals surface area contributed by atoms with E-state index < -0.39 is 22.9 Å². The summed E-state index contributed by atoms with van der Waals surface area (Å²) in [4.78, 5) is 40.9. The van der Waals surface area contributed by atoms with Crippen LogP contribution in [0.1, 0.15) is 33.7 Å². The first kappa shape index (κ1) is 34.0. The van der Waals surface area contributed by atoms with Gasteiger partial charge in [0, 0.05) is 27.4 Å². The summed E-state index contributed by atoms with van der Waals surface area (Å²) in [6.07, 6.45) is 1.20. The lowest BCUT2D eigenvalue weighted by atomic mass is 10.1. The lowest BCUT2D eigenvalue weighted by Crippen LogP contribution is -2.30. The molecule has 1 unspecified atom stereocenters. The van der Waals surface area contributed by atoms with Gasteiger partial charge >= 0.3 is 0 Å². The summed E-state index contributed by atoms with van der Waals surface area (Å²) in [7, 11) is 0. The first-order chi connectivity index (χ1) is 23.3. The second kappa shape index (κ2) is 16.4. The zero-order chi connectivity index (χ0) is 33.9. The molecule has 0 saturated carbocycles. The third-order valence-electron chi connectivity index (χ3n) is 6.94. The lowest BCUT2D eigenvalue weighted by Gasteiger charge is -2.18. The number of hydrogen-bond donors (Lipinski definition) is 3. The van der Waals surface area contributed by atoms with Crippen LogP contribution in [-0.2, 0) is 9.59 Å². The Morgan fingerprint density at radius 1 is 0.812 bits per heavy atom. The molecule has 0 saturated heterocycles. The average molecular weight is 680 g/mol. The van der Waals surface area contributed by atoms with Crippen molar-refractivity contribution in [1.29, 1.82) is 0 Å². The number of carbonyl (C=O) groups excluding carboxylic acids is 3. The topological polar surface area (TPSA) is 96.5 Å². The van der Waals surface area contributed by atoms with E-state index in [9.17, 15) is 18.8 Å². The monoisotopic (exact) mass is 679 g/mol. The highest BCUT2D eigenvalue weighted by Crippen LogP contribution is 2.37. The van der Waals surface area contributed by atoms with Crippen LogP contribution in [0, 0.1) is 5.82 Å². The van der Waals surface area contributed by atoms with Gasteiger partial charge in [-0.2, -0.15) is 0 Å². The Balaban J connectivity index is 1.38. The van der Waals surface area contributed by atoms with Crippen molar-refractivity contribution in [3.05, 3.63) is 161 Å². The van der Waals surface area contributed by atoms with Crippen molar-refractivity contribution in [3.63, 3.8) is 0 Å². The van der Waals surface area contributed by atoms with Gasteiger partial charge in [0.2, 0.25) is 5.91 Å². The number of nitrogens with one attached hydrogen (secondary N) is 3. The molecule has 0 aliphatic carbocycles. The lowest BCUT2D eigenvalue weighted by molar-refractivity contribution is -0.116. The predicted octanol–water partition coefficient (Wildman–Crippen LogP) is 8.76. The van der Waals surface area contributed by atoms with Gasteiger partial charge in [-0.3, -0.25) is 14.4 Å². The van der Waals surface area contributed by atoms with Crippen LogP contribution in [0.4, 0.5) is 15.8 Å². The highest BCUT2D eigenvalue weighted by Gasteiger charge is 2.23. The van der Waals surface area contributed by atoms with E-state index in [1.807, 2.05) is 43.3 Å². The number of hydrogen-bond acceptors (Lipinski definition) is 5. The van der Waals surface area contributed by atoms with E-state index in [1.54, 1.807) is 72.8 Å². The standard InChI is InChI=1S/C38H31ClFN3O4S/c1-2-47-29-21-19-27(20-22-29)41-38(46)35(25-11-5-3-6-12-25)48-30-16-9-15-28(23-30)42-37(45)34(24-31-32(39)17-10-18-33(31)40)43-36(44)26-13-7-4-8-14-26/h3-24,35H,2H2,1H3,(H,41,46)(H,42,45)(H,43,44)/b34-24+. The molecule has 0 aromatic heterocycles. The Bertz CT molecular complexity index is 1900. The minimum absolute atomic E-state index is 0.0498. The van der Waals surface area contributed by atoms with E-state index in [0.29, 0.717) is 34.2 Å². The molecule has 48 heavy (non-hydrogen) atoms. The summed E-state index contributed by atoms with van der Waals surface area (Å²) in [6.45, 7) is 2.44. The highest BCUT2D eigenvalue weighted by molar-refractivity contribution is 8.00. The maximum Gasteiger partial charge on any atom is 0.272 e. The van der Waals surface area contributed by atoms with Crippen molar-refractivity contribution >= 4 is 58.5 Å². The zero-order valence-corrected chi connectivity index (χ0v) is 27.4. The normalized spacial score (nSPS) is 11.7. The van der Waals surface area contributed by atoms with E-state index in [4.69, 9.17) is 16.3 Å². The Kier molecular flexibility index (Phi) is 11.6. The zero-order valence-electron chi connectivity index (χ0n) is 25.8. The van der Waals surface area contributed by atoms with Crippen LogP contribution >= 0.6 is 23.4 Å². The molecule has 3 N–H and O–H groups in total. The molecule has 0 heterocycles. The quantitative estimate of drug-likeness (QED) is 0.0905. The van der Waals surface area contributed by atoms with Gasteiger partial charge in [-0.25, -0.2) is 4.39 Å². The molecule has 3 amide bonds. The summed E-state index contributed by atoms with van der Waals surface area (Å²) < 4.78 is 20.2. The van der Waals surface area contributed by atoms with Crippen molar-refractivity contribution in [2.24, 2.45) is 0 Å². The van der Waals surface area contributed by atoms with E-state index in [1.165, 1.54) is 36.0 Å². The fourth-order valence-electron chi connectivity index (χ4n) is 4.63. The van der Waals surface area contributed by atoms with E-state index >= 15 is 0 Å². The molecule has 5 rings (SSSR count). The van der Waals surface area contributed by atoms with Gasteiger partial charge in [0.15, 0.2) is 0 Å². The Morgan fingerprint density at radius 3 is 2.19 bits per heavy atom. The number of anilines is 2. The van der Waals surface area contributed by atoms with Crippen molar-refractivity contribution in [2.75, 3.05) is 17.2 Å². The molecular formula is C38H31ClFN3O4S. The smallest absolute Gasteiger partial charge is 0.272 e. The molecule has 5 aromatic carbocycles. The van der Waals surface area contributed by atoms with Gasteiger partial charge < -0.3 is 20.7 Å². The molecule has 0 spiro atoms. The highest BCUT2D eigenvalue weighted by atomic mass is 35.5. The van der Waals surface area contributed by atoms with Gasteiger partial charge in [-0.15, -0.1) is 11.8 Å². The first-order valence-corrected chi connectivity index (χ1v) is 16.3. The molecule has 0 radical (unpaired) electrons. The summed E-state index contributed by atoms with van der Waals surface area (Å²) in [5.74, 6) is -1.44. The summed E-state index contributed by atoms with van der Waals surface area (Å²) >= 11 is 7.54. The number of benzene rings is 5. The second-order valence-corrected chi connectivity index (χ2v) is 11.9. The molecule has 10 heteroatoms. The summed E-state index contributed by atoms with van der Waals surface area (Å²) in [5.41, 5.74) is 1.85. The van der Waals surface area contributed by atoms with Crippen LogP contribution in [-0.4, -0.2) is 24.3 Å². The van der Waals surface area contributed by atoms with Gasteiger partial charge in [0.25, 0.3) is 11.8 Å². The summed E-state index contributed by atoms with van der Waals surface area (Å²) in [5, 5.41) is 7.80. The van der Waals surface area contributed by atoms with Gasteiger partial charge in [-0.05, 0) is 85.3 Å². The third-order valence-corrected chi connectivity index (χ3v) is 8.51. The van der Waals surface area contributed by atoms with Crippen LogP contribution < -0.4 is 20.7 Å². The fraction of sp³-hybridized carbons (Fsp3) is 0.0789. The Hall–Kier alpha value is -5.38. The predicted molar refractivity (Wildman–Crippen MR) is 190 cm³/mol. The van der Waals surface area contributed by atoms with E-state index in [2.05, 4.69) is 16.0 Å². The van der Waals surface area contributed by atoms with Crippen molar-refractivity contribution in [2.45, 2.75) is 17.1 Å². The van der Waals surface area contributed by atoms with Crippen molar-refractivity contribution in [3.8, 4) is 5.75 Å². The molecule has 0 fully saturated rings. The van der Waals surface area contributed by atoms with Crippen molar-refractivity contribution < 1.29 is 23.5 Å². The van der Waals surface area contributed by atoms with Gasteiger partial charge in [0.1, 0.15) is 22.5 Å². The fourth-order valence-corrected chi connectivity index (χ4v) is 5.93. The number of halogens is 2. The molecule has 242 valence electrons. The Morgan fingerprint density at radius 2 is 1.50 bits per heavy atom. The molecule has 0 bridgehead atoms. The number of ether oxygens (including phenoxy) is 1. The van der Waals surface area contributed by atoms with E-state index in [-0.39, 0.29) is 22.2 Å². The second-order valence-electron chi connectivity index (χ2n) is 10.4. The molecule has 1 atom stereocenters. The Labute approximate surface area is 287 Å². The van der Waals surface area contributed by atoms with E-state index in [0.717, 1.165) is 5.56 Å². The first-order valence-electron chi connectivity index (χ1n) is 15.0. The summed E-state index contributed by atoms with van der Waals surface area (Å²) in [6, 6.07) is 35.9. The van der Waals surface area contributed by atoms with Gasteiger partial charge in [0.05, 0.1) is 11.6 Å². The number of amides is 3. The minimum atomic E-state index is -0.700. The van der Waals surface area contributed by atoms with Crippen molar-refractivity contribution in [1.82, 2.24) is 5.32 Å². The maximum atomic E-state index is 14.7. The molecular weight excluding hydrogens is 649 g/mol. The van der Waals surface area contributed by atoms with Crippen LogP contribution in [0.15, 0.2) is 138 Å². The molecule has 7 nitrogen and oxygen atoms in total. The molecule has 5 aromatic rings.